The van der Waals surface area contributed by atoms with E-state index in [1.807, 2.05) is 0 Å². The predicted octanol–water partition coefficient (Wildman–Crippen LogP) is 15.6. The van der Waals surface area contributed by atoms with Crippen molar-refractivity contribution in [2.75, 3.05) is 13.2 Å². The van der Waals surface area contributed by atoms with E-state index in [0.29, 0.717) is 19.3 Å². The molecule has 0 heterocycles. The van der Waals surface area contributed by atoms with Gasteiger partial charge in [-0.05, 0) is 64.2 Å². The minimum absolute atomic E-state index is 0.0740. The van der Waals surface area contributed by atoms with Gasteiger partial charge in [0.05, 0.1) is 0 Å². The van der Waals surface area contributed by atoms with Crippen LogP contribution in [0.15, 0.2) is 24.3 Å². The number of esters is 3. The van der Waals surface area contributed by atoms with Crippen molar-refractivity contribution in [3.63, 3.8) is 0 Å². The number of hydrogen-bond donors (Lipinski definition) is 0. The van der Waals surface area contributed by atoms with E-state index in [4.69, 9.17) is 14.2 Å². The monoisotopic (exact) mass is 789 g/mol. The van der Waals surface area contributed by atoms with Crippen LogP contribution in [0.5, 0.6) is 0 Å². The van der Waals surface area contributed by atoms with E-state index < -0.39 is 6.10 Å². The summed E-state index contributed by atoms with van der Waals surface area (Å²) in [7, 11) is 0. The summed E-state index contributed by atoms with van der Waals surface area (Å²) in [6.45, 7) is 6.57. The topological polar surface area (TPSA) is 78.9 Å². The first-order valence-electron chi connectivity index (χ1n) is 24.3. The molecule has 0 N–H and O–H groups in total. The minimum Gasteiger partial charge on any atom is -0.462 e. The van der Waals surface area contributed by atoms with Gasteiger partial charge in [0.1, 0.15) is 13.2 Å². The van der Waals surface area contributed by atoms with Crippen LogP contribution in [0.3, 0.4) is 0 Å². The zero-order chi connectivity index (χ0) is 40.8. The summed E-state index contributed by atoms with van der Waals surface area (Å²) in [6.07, 6.45) is 50.1. The Balaban J connectivity index is 4.34. The quantitative estimate of drug-likeness (QED) is 0.0265. The molecule has 1 atom stereocenters. The lowest BCUT2D eigenvalue weighted by Gasteiger charge is -2.18. The molecule has 0 spiro atoms. The highest BCUT2D eigenvalue weighted by Gasteiger charge is 2.19. The van der Waals surface area contributed by atoms with Gasteiger partial charge in [0, 0.05) is 19.3 Å². The van der Waals surface area contributed by atoms with E-state index in [0.717, 1.165) is 70.6 Å². The third-order valence-electron chi connectivity index (χ3n) is 10.7. The van der Waals surface area contributed by atoms with E-state index in [1.165, 1.54) is 148 Å². The fourth-order valence-corrected chi connectivity index (χ4v) is 6.95. The highest BCUT2D eigenvalue weighted by molar-refractivity contribution is 5.71. The smallest absolute Gasteiger partial charge is 0.306 e. The van der Waals surface area contributed by atoms with Gasteiger partial charge in [-0.3, -0.25) is 14.4 Å². The first kappa shape index (κ1) is 53.9. The summed E-state index contributed by atoms with van der Waals surface area (Å²) in [5, 5.41) is 0. The van der Waals surface area contributed by atoms with Gasteiger partial charge < -0.3 is 14.2 Å². The number of carbonyl (C=O) groups is 3. The van der Waals surface area contributed by atoms with Gasteiger partial charge in [-0.15, -0.1) is 0 Å². The van der Waals surface area contributed by atoms with Crippen molar-refractivity contribution in [3.8, 4) is 0 Å². The minimum atomic E-state index is -0.772. The maximum atomic E-state index is 12.7. The van der Waals surface area contributed by atoms with Gasteiger partial charge in [-0.1, -0.05) is 199 Å². The van der Waals surface area contributed by atoms with Crippen molar-refractivity contribution in [2.45, 2.75) is 264 Å². The van der Waals surface area contributed by atoms with Gasteiger partial charge in [-0.2, -0.15) is 0 Å². The van der Waals surface area contributed by atoms with Crippen molar-refractivity contribution in [2.24, 2.45) is 0 Å². The number of ether oxygens (including phenoxy) is 3. The second kappa shape index (κ2) is 45.6. The van der Waals surface area contributed by atoms with Crippen molar-refractivity contribution in [1.29, 1.82) is 0 Å². The van der Waals surface area contributed by atoms with E-state index >= 15 is 0 Å². The highest BCUT2D eigenvalue weighted by Crippen LogP contribution is 2.15. The molecule has 328 valence electrons. The molecule has 0 aromatic rings. The second-order valence-electron chi connectivity index (χ2n) is 16.4. The van der Waals surface area contributed by atoms with Crippen LogP contribution in [0.25, 0.3) is 0 Å². The molecule has 0 amide bonds. The summed E-state index contributed by atoms with van der Waals surface area (Å²) in [5.41, 5.74) is 0. The molecule has 0 saturated carbocycles. The summed E-state index contributed by atoms with van der Waals surface area (Å²) >= 11 is 0. The Morgan fingerprint density at radius 1 is 0.339 bits per heavy atom. The molecule has 0 bridgehead atoms. The summed E-state index contributed by atoms with van der Waals surface area (Å²) in [5.74, 6) is -0.885. The van der Waals surface area contributed by atoms with Crippen LogP contribution < -0.4 is 0 Å². The molecule has 0 fully saturated rings. The van der Waals surface area contributed by atoms with Crippen LogP contribution in [0, 0.1) is 0 Å². The molecule has 0 aromatic heterocycles. The molecule has 6 heteroatoms. The molecule has 0 unspecified atom stereocenters. The first-order valence-corrected chi connectivity index (χ1v) is 24.3. The highest BCUT2D eigenvalue weighted by atomic mass is 16.6. The molecular weight excluding hydrogens is 697 g/mol. The third-order valence-corrected chi connectivity index (χ3v) is 10.7. The fourth-order valence-electron chi connectivity index (χ4n) is 6.95. The Morgan fingerprint density at radius 3 is 0.982 bits per heavy atom. The zero-order valence-corrected chi connectivity index (χ0v) is 37.4. The number of rotatable bonds is 44. The lowest BCUT2D eigenvalue weighted by Crippen LogP contribution is -2.30. The summed E-state index contributed by atoms with van der Waals surface area (Å²) in [6, 6.07) is 0. The standard InChI is InChI=1S/C50H92O6/c1-4-7-10-13-16-19-22-24-25-26-29-31-34-37-40-43-49(52)55-46-47(45-54-48(51)42-39-36-33-30-27-21-18-15-12-9-6-3)56-50(53)44-41-38-35-32-28-23-20-17-14-11-8-5-2/h15,17-18,20,47H,4-14,16,19,21-46H2,1-3H3/b18-15-,20-17-/t47-/m1/s1. The maximum Gasteiger partial charge on any atom is 0.306 e. The Labute approximate surface area is 347 Å². The average molecular weight is 789 g/mol. The molecule has 6 nitrogen and oxygen atoms in total. The fraction of sp³-hybridized carbons (Fsp3) is 0.860. The van der Waals surface area contributed by atoms with Gasteiger partial charge in [0.25, 0.3) is 0 Å². The summed E-state index contributed by atoms with van der Waals surface area (Å²) < 4.78 is 16.7. The number of allylic oxidation sites excluding steroid dienone is 4. The van der Waals surface area contributed by atoms with Crippen molar-refractivity contribution in [1.82, 2.24) is 0 Å². The van der Waals surface area contributed by atoms with E-state index in [1.54, 1.807) is 0 Å². The van der Waals surface area contributed by atoms with Crippen LogP contribution in [0.1, 0.15) is 258 Å². The van der Waals surface area contributed by atoms with Gasteiger partial charge >= 0.3 is 17.9 Å². The lowest BCUT2D eigenvalue weighted by molar-refractivity contribution is -0.167. The van der Waals surface area contributed by atoms with E-state index in [-0.39, 0.29) is 31.1 Å². The number of unbranched alkanes of at least 4 members (excludes halogenated alkanes) is 29. The Morgan fingerprint density at radius 2 is 0.607 bits per heavy atom. The average Bonchev–Trinajstić information content (AvgIpc) is 3.19. The van der Waals surface area contributed by atoms with E-state index in [2.05, 4.69) is 45.1 Å². The zero-order valence-electron chi connectivity index (χ0n) is 37.4. The second-order valence-corrected chi connectivity index (χ2v) is 16.4. The van der Waals surface area contributed by atoms with Crippen LogP contribution in [-0.2, 0) is 28.6 Å². The number of hydrogen-bond acceptors (Lipinski definition) is 6. The van der Waals surface area contributed by atoms with Gasteiger partial charge in [0.15, 0.2) is 6.10 Å². The van der Waals surface area contributed by atoms with Crippen molar-refractivity contribution in [3.05, 3.63) is 24.3 Å². The van der Waals surface area contributed by atoms with E-state index in [9.17, 15) is 14.4 Å². The largest absolute Gasteiger partial charge is 0.462 e. The SMILES string of the molecule is CCCC/C=C\CCCCCCCC(=O)OC[C@H](COC(=O)CCCCCCCCCCCCCCCCC)OC(=O)CCCCCCC/C=C\CCCCC. The predicted molar refractivity (Wildman–Crippen MR) is 238 cm³/mol. The number of carbonyl (C=O) groups excluding carboxylic acids is 3. The normalized spacial score (nSPS) is 12.1. The third kappa shape index (κ3) is 43.0. The molecule has 0 saturated heterocycles. The molecular formula is C50H92O6. The molecule has 0 aliphatic heterocycles. The Hall–Kier alpha value is -2.11. The maximum absolute atomic E-state index is 12.7. The van der Waals surface area contributed by atoms with Crippen LogP contribution in [0.2, 0.25) is 0 Å². The van der Waals surface area contributed by atoms with Crippen molar-refractivity contribution >= 4 is 17.9 Å². The first-order chi connectivity index (χ1) is 27.5. The van der Waals surface area contributed by atoms with Crippen LogP contribution >= 0.6 is 0 Å². The van der Waals surface area contributed by atoms with Gasteiger partial charge in [0.2, 0.25) is 0 Å². The van der Waals surface area contributed by atoms with Crippen LogP contribution in [-0.4, -0.2) is 37.2 Å². The molecule has 0 aromatic carbocycles. The lowest BCUT2D eigenvalue weighted by atomic mass is 10.0. The Bertz CT molecular complexity index is 911. The molecule has 0 aliphatic rings. The molecule has 0 rings (SSSR count). The van der Waals surface area contributed by atoms with Gasteiger partial charge in [-0.25, -0.2) is 0 Å². The van der Waals surface area contributed by atoms with Crippen molar-refractivity contribution < 1.29 is 28.6 Å². The molecule has 0 aliphatic carbocycles. The molecule has 56 heavy (non-hydrogen) atoms. The molecule has 0 radical (unpaired) electrons. The van der Waals surface area contributed by atoms with Crippen LogP contribution in [0.4, 0.5) is 0 Å². The Kier molecular flexibility index (Phi) is 43.9. The summed E-state index contributed by atoms with van der Waals surface area (Å²) in [4.78, 5) is 37.8.